The second-order valence-corrected chi connectivity index (χ2v) is 7.28. The second kappa shape index (κ2) is 7.74. The first-order valence-electron chi connectivity index (χ1n) is 7.73. The van der Waals surface area contributed by atoms with Crippen LogP contribution >= 0.6 is 0 Å². The number of rotatable bonds is 5. The fraction of sp³-hybridized carbons (Fsp3) is 0.533. The molecule has 0 radical (unpaired) electrons. The fourth-order valence-electron chi connectivity index (χ4n) is 2.45. The third-order valence-electron chi connectivity index (χ3n) is 3.75. The third kappa shape index (κ3) is 4.90. The Bertz CT molecular complexity index is 626. The van der Waals surface area contributed by atoms with Crippen LogP contribution in [0, 0.1) is 5.82 Å². The molecular formula is C15H22FN3O3S. The highest BCUT2D eigenvalue weighted by atomic mass is 32.2. The number of likely N-dealkylation sites (tertiary alicyclic amines) is 1. The van der Waals surface area contributed by atoms with Gasteiger partial charge in [0, 0.05) is 25.7 Å². The summed E-state index contributed by atoms with van der Waals surface area (Å²) in [6.45, 7) is 3.63. The highest BCUT2D eigenvalue weighted by molar-refractivity contribution is 7.89. The molecule has 23 heavy (non-hydrogen) atoms. The van der Waals surface area contributed by atoms with Gasteiger partial charge in [-0.05, 0) is 43.5 Å². The van der Waals surface area contributed by atoms with Crippen LogP contribution in [0.2, 0.25) is 0 Å². The van der Waals surface area contributed by atoms with Gasteiger partial charge in [-0.25, -0.2) is 22.3 Å². The summed E-state index contributed by atoms with van der Waals surface area (Å²) in [7, 11) is -3.66. The van der Waals surface area contributed by atoms with Crippen molar-refractivity contribution in [3.05, 3.63) is 30.1 Å². The number of piperidine rings is 1. The quantitative estimate of drug-likeness (QED) is 0.854. The van der Waals surface area contributed by atoms with E-state index in [1.54, 1.807) is 4.90 Å². The Morgan fingerprint density at radius 1 is 1.26 bits per heavy atom. The Hall–Kier alpha value is -1.67. The highest BCUT2D eigenvalue weighted by Gasteiger charge is 2.26. The van der Waals surface area contributed by atoms with Crippen LogP contribution in [0.1, 0.15) is 26.2 Å². The summed E-state index contributed by atoms with van der Waals surface area (Å²) in [6.07, 6.45) is 1.99. The molecule has 1 aromatic rings. The van der Waals surface area contributed by atoms with Crippen molar-refractivity contribution >= 4 is 16.1 Å². The molecule has 1 saturated heterocycles. The van der Waals surface area contributed by atoms with Crippen molar-refractivity contribution in [2.45, 2.75) is 37.1 Å². The van der Waals surface area contributed by atoms with Crippen LogP contribution < -0.4 is 10.0 Å². The molecule has 0 spiro atoms. The van der Waals surface area contributed by atoms with E-state index in [1.807, 2.05) is 6.92 Å². The summed E-state index contributed by atoms with van der Waals surface area (Å²) < 4.78 is 40.0. The van der Waals surface area contributed by atoms with E-state index in [-0.39, 0.29) is 17.0 Å². The zero-order valence-electron chi connectivity index (χ0n) is 13.1. The van der Waals surface area contributed by atoms with E-state index in [4.69, 9.17) is 0 Å². The maximum atomic E-state index is 12.9. The maximum absolute atomic E-state index is 12.9. The molecule has 0 atom stereocenters. The van der Waals surface area contributed by atoms with E-state index < -0.39 is 15.8 Å². The molecule has 0 aromatic heterocycles. The van der Waals surface area contributed by atoms with Crippen molar-refractivity contribution in [1.82, 2.24) is 14.9 Å². The Kier molecular flexibility index (Phi) is 5.95. The zero-order valence-corrected chi connectivity index (χ0v) is 13.9. The van der Waals surface area contributed by atoms with Crippen LogP contribution in [-0.4, -0.2) is 45.0 Å². The minimum absolute atomic E-state index is 0.0435. The fourth-order valence-corrected chi connectivity index (χ4v) is 3.75. The summed E-state index contributed by atoms with van der Waals surface area (Å²) in [5, 5.41) is 2.81. The van der Waals surface area contributed by atoms with Gasteiger partial charge in [0.2, 0.25) is 10.0 Å². The molecule has 2 N–H and O–H groups in total. The standard InChI is InChI=1S/C15H22FN3O3S/c1-2-9-17-15(20)19-10-7-13(8-11-19)18-23(21,22)14-5-3-12(16)4-6-14/h3-6,13,18H,2,7-11H2,1H3,(H,17,20). The maximum Gasteiger partial charge on any atom is 0.317 e. The van der Waals surface area contributed by atoms with Gasteiger partial charge in [0.05, 0.1) is 4.90 Å². The number of amides is 2. The number of nitrogens with zero attached hydrogens (tertiary/aromatic N) is 1. The Morgan fingerprint density at radius 3 is 2.43 bits per heavy atom. The van der Waals surface area contributed by atoms with Gasteiger partial charge < -0.3 is 10.2 Å². The minimum atomic E-state index is -3.66. The molecule has 6 nitrogen and oxygen atoms in total. The number of hydrogen-bond donors (Lipinski definition) is 2. The molecule has 0 aliphatic carbocycles. The Labute approximate surface area is 136 Å². The SMILES string of the molecule is CCCNC(=O)N1CCC(NS(=O)(=O)c2ccc(F)cc2)CC1. The van der Waals surface area contributed by atoms with Crippen molar-refractivity contribution in [2.75, 3.05) is 19.6 Å². The van der Waals surface area contributed by atoms with E-state index in [2.05, 4.69) is 10.0 Å². The van der Waals surface area contributed by atoms with Crippen LogP contribution in [0.3, 0.4) is 0 Å². The molecule has 1 fully saturated rings. The van der Waals surface area contributed by atoms with Gasteiger partial charge in [-0.1, -0.05) is 6.92 Å². The van der Waals surface area contributed by atoms with Crippen LogP contribution in [0.4, 0.5) is 9.18 Å². The average Bonchev–Trinajstić information content (AvgIpc) is 2.53. The first kappa shape index (κ1) is 17.7. The van der Waals surface area contributed by atoms with E-state index >= 15 is 0 Å². The molecule has 1 heterocycles. The molecule has 8 heteroatoms. The molecule has 128 valence electrons. The lowest BCUT2D eigenvalue weighted by Gasteiger charge is -2.32. The van der Waals surface area contributed by atoms with Crippen LogP contribution in [0.5, 0.6) is 0 Å². The van der Waals surface area contributed by atoms with Gasteiger partial charge in [0.15, 0.2) is 0 Å². The number of sulfonamides is 1. The Balaban J connectivity index is 1.88. The number of carbonyl (C=O) groups excluding carboxylic acids is 1. The normalized spacial score (nSPS) is 16.3. The third-order valence-corrected chi connectivity index (χ3v) is 5.29. The minimum Gasteiger partial charge on any atom is -0.338 e. The predicted molar refractivity (Wildman–Crippen MR) is 85.0 cm³/mol. The van der Waals surface area contributed by atoms with Crippen molar-refractivity contribution in [2.24, 2.45) is 0 Å². The van der Waals surface area contributed by atoms with Crippen molar-refractivity contribution in [3.8, 4) is 0 Å². The van der Waals surface area contributed by atoms with E-state index in [1.165, 1.54) is 12.1 Å². The van der Waals surface area contributed by atoms with E-state index in [9.17, 15) is 17.6 Å². The van der Waals surface area contributed by atoms with Crippen molar-refractivity contribution in [1.29, 1.82) is 0 Å². The molecule has 0 bridgehead atoms. The summed E-state index contributed by atoms with van der Waals surface area (Å²) >= 11 is 0. The molecule has 2 amide bonds. The molecule has 0 unspecified atom stereocenters. The number of carbonyl (C=O) groups is 1. The average molecular weight is 343 g/mol. The highest BCUT2D eigenvalue weighted by Crippen LogP contribution is 2.15. The van der Waals surface area contributed by atoms with Crippen LogP contribution in [-0.2, 0) is 10.0 Å². The molecule has 1 aliphatic heterocycles. The number of benzene rings is 1. The largest absolute Gasteiger partial charge is 0.338 e. The first-order valence-corrected chi connectivity index (χ1v) is 9.21. The van der Waals surface area contributed by atoms with E-state index in [0.29, 0.717) is 32.5 Å². The zero-order chi connectivity index (χ0) is 16.9. The van der Waals surface area contributed by atoms with Crippen LogP contribution in [0.15, 0.2) is 29.2 Å². The smallest absolute Gasteiger partial charge is 0.317 e. The number of urea groups is 1. The van der Waals surface area contributed by atoms with Gasteiger partial charge in [-0.15, -0.1) is 0 Å². The molecular weight excluding hydrogens is 321 g/mol. The van der Waals surface area contributed by atoms with Gasteiger partial charge in [0.1, 0.15) is 5.82 Å². The van der Waals surface area contributed by atoms with Crippen molar-refractivity contribution < 1.29 is 17.6 Å². The number of halogens is 1. The monoisotopic (exact) mass is 343 g/mol. The van der Waals surface area contributed by atoms with Gasteiger partial charge >= 0.3 is 6.03 Å². The number of nitrogens with one attached hydrogen (secondary N) is 2. The van der Waals surface area contributed by atoms with Gasteiger partial charge in [-0.3, -0.25) is 0 Å². The topological polar surface area (TPSA) is 78.5 Å². The summed E-state index contributed by atoms with van der Waals surface area (Å²) in [4.78, 5) is 13.6. The van der Waals surface area contributed by atoms with E-state index in [0.717, 1.165) is 18.6 Å². The summed E-state index contributed by atoms with van der Waals surface area (Å²) in [5.41, 5.74) is 0. The molecule has 0 saturated carbocycles. The first-order chi connectivity index (χ1) is 10.9. The Morgan fingerprint density at radius 2 is 1.87 bits per heavy atom. The predicted octanol–water partition coefficient (Wildman–Crippen LogP) is 1.69. The lowest BCUT2D eigenvalue weighted by Crippen LogP contribution is -2.49. The van der Waals surface area contributed by atoms with Gasteiger partial charge in [0.25, 0.3) is 0 Å². The lowest BCUT2D eigenvalue weighted by atomic mass is 10.1. The van der Waals surface area contributed by atoms with Gasteiger partial charge in [-0.2, -0.15) is 0 Å². The van der Waals surface area contributed by atoms with Crippen LogP contribution in [0.25, 0.3) is 0 Å². The second-order valence-electron chi connectivity index (χ2n) is 5.57. The number of hydrogen-bond acceptors (Lipinski definition) is 3. The molecule has 1 aromatic carbocycles. The van der Waals surface area contributed by atoms with Crippen molar-refractivity contribution in [3.63, 3.8) is 0 Å². The lowest BCUT2D eigenvalue weighted by molar-refractivity contribution is 0.180. The summed E-state index contributed by atoms with van der Waals surface area (Å²) in [6, 6.07) is 4.40. The summed E-state index contributed by atoms with van der Waals surface area (Å²) in [5.74, 6) is -0.477. The molecule has 2 rings (SSSR count). The molecule has 1 aliphatic rings.